The molecule has 1 amide bonds. The molecule has 0 heterocycles. The second-order valence-electron chi connectivity index (χ2n) is 4.62. The highest BCUT2D eigenvalue weighted by Crippen LogP contribution is 2.45. The average Bonchev–Trinajstić information content (AvgIpc) is 3.19. The third-order valence-corrected chi connectivity index (χ3v) is 3.24. The van der Waals surface area contributed by atoms with Gasteiger partial charge in [-0.1, -0.05) is 0 Å². The highest BCUT2D eigenvalue weighted by Gasteiger charge is 2.50. The van der Waals surface area contributed by atoms with Gasteiger partial charge in [-0.15, -0.1) is 0 Å². The van der Waals surface area contributed by atoms with E-state index in [1.807, 2.05) is 0 Å². The molecule has 0 saturated heterocycles. The maximum atomic E-state index is 13.3. The maximum Gasteiger partial charge on any atom is 0.311 e. The largest absolute Gasteiger partial charge is 0.481 e. The monoisotopic (exact) mass is 291 g/mol. The van der Waals surface area contributed by atoms with Gasteiger partial charge in [-0.05, 0) is 18.9 Å². The molecule has 1 saturated carbocycles. The van der Waals surface area contributed by atoms with Crippen LogP contribution in [0.4, 0.5) is 17.6 Å². The third-order valence-electron chi connectivity index (χ3n) is 3.24. The van der Waals surface area contributed by atoms with Crippen LogP contribution in [-0.4, -0.2) is 23.5 Å². The van der Waals surface area contributed by atoms with Crippen LogP contribution >= 0.6 is 0 Å². The number of hydrogen-bond acceptors (Lipinski definition) is 2. The number of halogens is 4. The van der Waals surface area contributed by atoms with Gasteiger partial charge in [0.05, 0.1) is 11.0 Å². The molecule has 1 fully saturated rings. The van der Waals surface area contributed by atoms with Crippen molar-refractivity contribution in [3.63, 3.8) is 0 Å². The Morgan fingerprint density at radius 2 is 1.75 bits per heavy atom. The fraction of sp³-hybridized carbons (Fsp3) is 0.333. The summed E-state index contributed by atoms with van der Waals surface area (Å²) in [4.78, 5) is 22.4. The van der Waals surface area contributed by atoms with Gasteiger partial charge < -0.3 is 10.4 Å². The lowest BCUT2D eigenvalue weighted by Crippen LogP contribution is -2.34. The smallest absolute Gasteiger partial charge is 0.311 e. The number of nitrogens with one attached hydrogen (secondary N) is 1. The summed E-state index contributed by atoms with van der Waals surface area (Å²) in [6.45, 7) is -0.290. The summed E-state index contributed by atoms with van der Waals surface area (Å²) in [6.07, 6.45) is 0.689. The van der Waals surface area contributed by atoms with Gasteiger partial charge in [0.2, 0.25) is 0 Å². The first kappa shape index (κ1) is 14.3. The molecule has 1 aromatic rings. The Morgan fingerprint density at radius 1 is 1.15 bits per heavy atom. The summed E-state index contributed by atoms with van der Waals surface area (Å²) in [5.74, 6) is -9.93. The second kappa shape index (κ2) is 4.77. The van der Waals surface area contributed by atoms with Crippen LogP contribution in [0.5, 0.6) is 0 Å². The number of aliphatic carboxylic acids is 1. The number of carbonyl (C=O) groups excluding carboxylic acids is 1. The van der Waals surface area contributed by atoms with Crippen LogP contribution in [0.1, 0.15) is 23.2 Å². The fourth-order valence-corrected chi connectivity index (χ4v) is 1.70. The van der Waals surface area contributed by atoms with Gasteiger partial charge in [0.1, 0.15) is 0 Å². The minimum atomic E-state index is -2.09. The summed E-state index contributed by atoms with van der Waals surface area (Å²) >= 11 is 0. The molecule has 0 unspecified atom stereocenters. The number of carboxylic acids is 1. The summed E-state index contributed by atoms with van der Waals surface area (Å²) in [5.41, 5.74) is -2.12. The standard InChI is InChI=1S/C12H9F4NO3/c13-6-3-5(7(14)9(16)8(6)15)10(18)17-4-12(1-2-12)11(19)20/h3H,1-2,4H2,(H,17,18)(H,19,20). The zero-order valence-electron chi connectivity index (χ0n) is 9.97. The van der Waals surface area contributed by atoms with Crippen molar-refractivity contribution < 1.29 is 32.3 Å². The molecular formula is C12H9F4NO3. The molecule has 0 bridgehead atoms. The van der Waals surface area contributed by atoms with Crippen LogP contribution in [0.3, 0.4) is 0 Å². The van der Waals surface area contributed by atoms with Crippen molar-refractivity contribution in [1.29, 1.82) is 0 Å². The maximum absolute atomic E-state index is 13.3. The second-order valence-corrected chi connectivity index (χ2v) is 4.62. The van der Waals surface area contributed by atoms with Crippen LogP contribution < -0.4 is 5.32 Å². The minimum Gasteiger partial charge on any atom is -0.481 e. The van der Waals surface area contributed by atoms with Gasteiger partial charge in [0, 0.05) is 6.54 Å². The van der Waals surface area contributed by atoms with Crippen molar-refractivity contribution in [2.75, 3.05) is 6.54 Å². The predicted octanol–water partition coefficient (Wildman–Crippen LogP) is 1.84. The number of hydrogen-bond donors (Lipinski definition) is 2. The molecule has 0 aliphatic heterocycles. The molecule has 1 aromatic carbocycles. The van der Waals surface area contributed by atoms with Crippen LogP contribution in [0.15, 0.2) is 6.07 Å². The summed E-state index contributed by atoms with van der Waals surface area (Å²) in [5, 5.41) is 11.0. The predicted molar refractivity (Wildman–Crippen MR) is 57.9 cm³/mol. The first-order valence-corrected chi connectivity index (χ1v) is 5.63. The van der Waals surface area contributed by atoms with E-state index in [9.17, 15) is 27.2 Å². The zero-order chi connectivity index (χ0) is 15.1. The first-order chi connectivity index (χ1) is 9.28. The summed E-state index contributed by atoms with van der Waals surface area (Å²) in [6, 6.07) is 0.226. The topological polar surface area (TPSA) is 66.4 Å². The Labute approximate surface area is 110 Å². The van der Waals surface area contributed by atoms with E-state index < -0.39 is 46.1 Å². The Kier molecular flexibility index (Phi) is 3.41. The molecule has 0 radical (unpaired) electrons. The highest BCUT2D eigenvalue weighted by atomic mass is 19.2. The SMILES string of the molecule is O=C(NCC1(C(=O)O)CC1)c1cc(F)c(F)c(F)c1F. The molecule has 8 heteroatoms. The van der Waals surface area contributed by atoms with E-state index in [1.54, 1.807) is 0 Å². The molecule has 4 nitrogen and oxygen atoms in total. The van der Waals surface area contributed by atoms with Gasteiger partial charge in [-0.3, -0.25) is 9.59 Å². The highest BCUT2D eigenvalue weighted by molar-refractivity contribution is 5.95. The van der Waals surface area contributed by atoms with Crippen LogP contribution in [-0.2, 0) is 4.79 Å². The van der Waals surface area contributed by atoms with Crippen LogP contribution in [0, 0.1) is 28.7 Å². The first-order valence-electron chi connectivity index (χ1n) is 5.63. The van der Waals surface area contributed by atoms with Gasteiger partial charge in [0.15, 0.2) is 23.3 Å². The lowest BCUT2D eigenvalue weighted by Gasteiger charge is -2.12. The Hall–Kier alpha value is -2.12. The fourth-order valence-electron chi connectivity index (χ4n) is 1.70. The number of benzene rings is 1. The number of amides is 1. The molecule has 1 aliphatic carbocycles. The van der Waals surface area contributed by atoms with Gasteiger partial charge in [-0.25, -0.2) is 17.6 Å². The molecule has 1 aliphatic rings. The molecule has 20 heavy (non-hydrogen) atoms. The average molecular weight is 291 g/mol. The van der Waals surface area contributed by atoms with Crippen molar-refractivity contribution >= 4 is 11.9 Å². The van der Waals surface area contributed by atoms with Crippen LogP contribution in [0.25, 0.3) is 0 Å². The third kappa shape index (κ3) is 2.33. The molecule has 0 aromatic heterocycles. The van der Waals surface area contributed by atoms with Crippen molar-refractivity contribution in [1.82, 2.24) is 5.32 Å². The molecule has 108 valence electrons. The molecule has 2 rings (SSSR count). The normalized spacial score (nSPS) is 15.8. The van der Waals surface area contributed by atoms with E-state index >= 15 is 0 Å². The summed E-state index contributed by atoms with van der Waals surface area (Å²) < 4.78 is 52.0. The number of carboxylic acid groups (broad SMARTS) is 1. The number of carbonyl (C=O) groups is 2. The van der Waals surface area contributed by atoms with E-state index in [4.69, 9.17) is 5.11 Å². The van der Waals surface area contributed by atoms with E-state index in [1.165, 1.54) is 0 Å². The summed E-state index contributed by atoms with van der Waals surface area (Å²) in [7, 11) is 0. The Bertz CT molecular complexity index is 599. The Balaban J connectivity index is 2.16. The van der Waals surface area contributed by atoms with Crippen LogP contribution in [0.2, 0.25) is 0 Å². The van der Waals surface area contributed by atoms with Crippen molar-refractivity contribution in [2.24, 2.45) is 5.41 Å². The molecule has 2 N–H and O–H groups in total. The van der Waals surface area contributed by atoms with E-state index in [-0.39, 0.29) is 12.6 Å². The van der Waals surface area contributed by atoms with Crippen molar-refractivity contribution in [3.05, 3.63) is 34.9 Å². The Morgan fingerprint density at radius 3 is 2.25 bits per heavy atom. The van der Waals surface area contributed by atoms with Crippen molar-refractivity contribution in [3.8, 4) is 0 Å². The van der Waals surface area contributed by atoms with E-state index in [0.29, 0.717) is 12.8 Å². The lowest BCUT2D eigenvalue weighted by atomic mass is 10.1. The van der Waals surface area contributed by atoms with E-state index in [0.717, 1.165) is 0 Å². The lowest BCUT2D eigenvalue weighted by molar-refractivity contribution is -0.143. The van der Waals surface area contributed by atoms with Gasteiger partial charge in [-0.2, -0.15) is 0 Å². The molecule has 0 spiro atoms. The zero-order valence-corrected chi connectivity index (χ0v) is 9.97. The quantitative estimate of drug-likeness (QED) is 0.505. The van der Waals surface area contributed by atoms with Crippen molar-refractivity contribution in [2.45, 2.75) is 12.8 Å². The molecule has 0 atom stereocenters. The van der Waals surface area contributed by atoms with Gasteiger partial charge in [0.25, 0.3) is 5.91 Å². The number of rotatable bonds is 4. The van der Waals surface area contributed by atoms with E-state index in [2.05, 4.69) is 5.32 Å². The molecular weight excluding hydrogens is 282 g/mol. The minimum absolute atomic E-state index is 0.226. The van der Waals surface area contributed by atoms with Gasteiger partial charge >= 0.3 is 5.97 Å².